The van der Waals surface area contributed by atoms with E-state index in [9.17, 15) is 14.4 Å². The summed E-state index contributed by atoms with van der Waals surface area (Å²) in [6, 6.07) is 17.8. The van der Waals surface area contributed by atoms with Crippen molar-refractivity contribution in [3.8, 4) is 11.1 Å². The molecule has 0 radical (unpaired) electrons. The van der Waals surface area contributed by atoms with Crippen molar-refractivity contribution in [1.82, 2.24) is 4.90 Å². The molecule has 0 N–H and O–H groups in total. The topological polar surface area (TPSA) is 57.7 Å². The van der Waals surface area contributed by atoms with Gasteiger partial charge in [-0.1, -0.05) is 69.2 Å². The first-order valence-corrected chi connectivity index (χ1v) is 10.3. The lowest BCUT2D eigenvalue weighted by Gasteiger charge is -2.41. The summed E-state index contributed by atoms with van der Waals surface area (Å²) < 4.78 is 0. The lowest BCUT2D eigenvalue weighted by molar-refractivity contribution is -0.148. The fourth-order valence-electron chi connectivity index (χ4n) is 3.74. The average Bonchev–Trinajstić information content (AvgIpc) is 2.77. The largest absolute Gasteiger partial charge is 0.322 e. The van der Waals surface area contributed by atoms with E-state index in [0.29, 0.717) is 6.54 Å². The van der Waals surface area contributed by atoms with Gasteiger partial charge >= 0.3 is 0 Å². The van der Waals surface area contributed by atoms with Crippen LogP contribution in [0.2, 0.25) is 0 Å². The minimum Gasteiger partial charge on any atom is -0.322 e. The molecule has 2 aromatic rings. The molecular weight excluding hydrogens is 364 g/mol. The zero-order chi connectivity index (χ0) is 20.8. The Morgan fingerprint density at radius 3 is 2.41 bits per heavy atom. The predicted octanol–water partition coefficient (Wildman–Crippen LogP) is 4.07. The van der Waals surface area contributed by atoms with Crippen LogP contribution in [0.5, 0.6) is 0 Å². The number of carbonyl (C=O) groups is 3. The molecule has 2 aromatic carbocycles. The van der Waals surface area contributed by atoms with Crippen LogP contribution in [0.3, 0.4) is 0 Å². The van der Waals surface area contributed by atoms with Crippen LogP contribution in [0, 0.1) is 0 Å². The molecule has 152 valence electrons. The molecule has 0 spiro atoms. The number of benzene rings is 2. The molecule has 1 heterocycles. The second-order valence-electron chi connectivity index (χ2n) is 7.43. The van der Waals surface area contributed by atoms with Gasteiger partial charge in [0.15, 0.2) is 0 Å². The summed E-state index contributed by atoms with van der Waals surface area (Å²) in [5.74, 6) is -1.11. The third-order valence-corrected chi connectivity index (χ3v) is 5.42. The molecule has 5 nitrogen and oxygen atoms in total. The van der Waals surface area contributed by atoms with E-state index in [4.69, 9.17) is 0 Å². The number of Topliss-reactive ketones (excluding diaryl/α,β-unsaturated/α-hetero) is 1. The van der Waals surface area contributed by atoms with Gasteiger partial charge in [-0.15, -0.1) is 0 Å². The van der Waals surface area contributed by atoms with Gasteiger partial charge in [-0.25, -0.2) is 0 Å². The van der Waals surface area contributed by atoms with Gasteiger partial charge in [0.1, 0.15) is 6.54 Å². The number of ketones is 1. The summed E-state index contributed by atoms with van der Waals surface area (Å²) in [5, 5.41) is 0. The Morgan fingerprint density at radius 2 is 1.72 bits per heavy atom. The minimum absolute atomic E-state index is 0.0471. The highest BCUT2D eigenvalue weighted by atomic mass is 16.2. The maximum atomic E-state index is 12.9. The maximum absolute atomic E-state index is 12.9. The van der Waals surface area contributed by atoms with Crippen LogP contribution in [0.4, 0.5) is 5.69 Å². The Balaban J connectivity index is 1.86. The van der Waals surface area contributed by atoms with Crippen molar-refractivity contribution in [1.29, 1.82) is 0 Å². The third kappa shape index (κ3) is 4.73. The number of nitrogens with zero attached hydrogens (tertiary/aromatic N) is 2. The number of anilines is 1. The van der Waals surface area contributed by atoms with Crippen LogP contribution in [0.25, 0.3) is 11.1 Å². The summed E-state index contributed by atoms with van der Waals surface area (Å²) in [5.41, 5.74) is 2.96. The average molecular weight is 392 g/mol. The van der Waals surface area contributed by atoms with Crippen molar-refractivity contribution < 1.29 is 14.4 Å². The van der Waals surface area contributed by atoms with Gasteiger partial charge in [-0.05, 0) is 29.7 Å². The first-order valence-electron chi connectivity index (χ1n) is 10.3. The van der Waals surface area contributed by atoms with E-state index >= 15 is 0 Å². The molecule has 0 bridgehead atoms. The normalized spacial score (nSPS) is 16.8. The van der Waals surface area contributed by atoms with E-state index in [1.165, 1.54) is 4.90 Å². The summed E-state index contributed by atoms with van der Waals surface area (Å²) in [7, 11) is 0. The van der Waals surface area contributed by atoms with E-state index in [1.54, 1.807) is 11.8 Å². The predicted molar refractivity (Wildman–Crippen MR) is 115 cm³/mol. The maximum Gasteiger partial charge on any atom is 0.290 e. The molecule has 0 saturated carbocycles. The first-order chi connectivity index (χ1) is 14.0. The number of hydrogen-bond acceptors (Lipinski definition) is 3. The highest BCUT2D eigenvalue weighted by Gasteiger charge is 2.37. The number of unbranched alkanes of at least 4 members (excludes halogenated alkanes) is 1. The number of hydrogen-bond donors (Lipinski definition) is 0. The lowest BCUT2D eigenvalue weighted by atomic mass is 10.0. The molecule has 1 aliphatic rings. The number of carbonyl (C=O) groups excluding carboxylic acids is 3. The second-order valence-corrected chi connectivity index (χ2v) is 7.43. The standard InChI is InChI=1S/C24H28N2O3/c1-3-5-13-21-16-25(23(28)17-26(21)24(29)22(27)4-2)20-14-9-12-19(15-20)18-10-7-6-8-11-18/h6-12,14-15,21H,3-5,13,16-17H2,1-2H3. The van der Waals surface area contributed by atoms with Crippen molar-refractivity contribution in [3.05, 3.63) is 54.6 Å². The summed E-state index contributed by atoms with van der Waals surface area (Å²) in [4.78, 5) is 40.7. The van der Waals surface area contributed by atoms with Crippen LogP contribution in [-0.4, -0.2) is 41.6 Å². The van der Waals surface area contributed by atoms with Gasteiger partial charge in [0.2, 0.25) is 11.7 Å². The zero-order valence-corrected chi connectivity index (χ0v) is 17.1. The molecule has 3 rings (SSSR count). The van der Waals surface area contributed by atoms with Crippen molar-refractivity contribution in [2.75, 3.05) is 18.0 Å². The monoisotopic (exact) mass is 392 g/mol. The molecular formula is C24H28N2O3. The van der Waals surface area contributed by atoms with E-state index in [1.807, 2.05) is 54.6 Å². The van der Waals surface area contributed by atoms with Gasteiger partial charge in [-0.3, -0.25) is 14.4 Å². The molecule has 1 unspecified atom stereocenters. The second kappa shape index (κ2) is 9.50. The highest BCUT2D eigenvalue weighted by Crippen LogP contribution is 2.28. The van der Waals surface area contributed by atoms with Gasteiger partial charge in [0, 0.05) is 18.7 Å². The Morgan fingerprint density at radius 1 is 1.00 bits per heavy atom. The third-order valence-electron chi connectivity index (χ3n) is 5.42. The van der Waals surface area contributed by atoms with E-state index < -0.39 is 11.7 Å². The molecule has 1 fully saturated rings. The Bertz CT molecular complexity index is 879. The molecule has 0 aliphatic carbocycles. The Hall–Kier alpha value is -2.95. The van der Waals surface area contributed by atoms with Gasteiger partial charge in [0.25, 0.3) is 5.91 Å². The van der Waals surface area contributed by atoms with Crippen molar-refractivity contribution in [3.63, 3.8) is 0 Å². The Kier molecular flexibility index (Phi) is 6.81. The van der Waals surface area contributed by atoms with Gasteiger partial charge in [0.05, 0.1) is 6.04 Å². The van der Waals surface area contributed by atoms with E-state index in [0.717, 1.165) is 36.1 Å². The van der Waals surface area contributed by atoms with E-state index in [2.05, 4.69) is 6.92 Å². The number of piperazine rings is 1. The van der Waals surface area contributed by atoms with Crippen molar-refractivity contribution in [2.45, 2.75) is 45.6 Å². The molecule has 5 heteroatoms. The zero-order valence-electron chi connectivity index (χ0n) is 17.1. The Labute approximate surface area is 172 Å². The quantitative estimate of drug-likeness (QED) is 0.668. The molecule has 2 amide bonds. The summed E-state index contributed by atoms with van der Waals surface area (Å²) in [6.07, 6.45) is 2.88. The number of rotatable bonds is 7. The lowest BCUT2D eigenvalue weighted by Crippen LogP contribution is -2.59. The van der Waals surface area contributed by atoms with Crippen molar-refractivity contribution >= 4 is 23.3 Å². The summed E-state index contributed by atoms with van der Waals surface area (Å²) in [6.45, 7) is 4.14. The van der Waals surface area contributed by atoms with Crippen LogP contribution < -0.4 is 4.90 Å². The smallest absolute Gasteiger partial charge is 0.290 e. The summed E-state index contributed by atoms with van der Waals surface area (Å²) >= 11 is 0. The van der Waals surface area contributed by atoms with Gasteiger partial charge in [-0.2, -0.15) is 0 Å². The fraction of sp³-hybridized carbons (Fsp3) is 0.375. The molecule has 29 heavy (non-hydrogen) atoms. The SMILES string of the molecule is CCCCC1CN(c2cccc(-c3ccccc3)c2)C(=O)CN1C(=O)C(=O)CC. The van der Waals surface area contributed by atoms with E-state index in [-0.39, 0.29) is 24.9 Å². The van der Waals surface area contributed by atoms with Crippen LogP contribution in [0.15, 0.2) is 54.6 Å². The number of amides is 2. The first kappa shape index (κ1) is 20.8. The molecule has 0 aromatic heterocycles. The van der Waals surface area contributed by atoms with Crippen LogP contribution in [-0.2, 0) is 14.4 Å². The molecule has 1 aliphatic heterocycles. The van der Waals surface area contributed by atoms with Crippen LogP contribution >= 0.6 is 0 Å². The van der Waals surface area contributed by atoms with Crippen LogP contribution in [0.1, 0.15) is 39.5 Å². The van der Waals surface area contributed by atoms with Gasteiger partial charge < -0.3 is 9.80 Å². The molecule has 1 atom stereocenters. The fourth-order valence-corrected chi connectivity index (χ4v) is 3.74. The van der Waals surface area contributed by atoms with Crippen molar-refractivity contribution in [2.24, 2.45) is 0 Å². The molecule has 1 saturated heterocycles. The minimum atomic E-state index is -0.528. The highest BCUT2D eigenvalue weighted by molar-refractivity contribution is 6.36.